The molecule has 90 valence electrons. The summed E-state index contributed by atoms with van der Waals surface area (Å²) in [6, 6.07) is 6.46. The topological polar surface area (TPSA) is 21.3 Å². The van der Waals surface area contributed by atoms with Crippen LogP contribution in [0.4, 0.5) is 0 Å². The molecule has 16 heavy (non-hydrogen) atoms. The van der Waals surface area contributed by atoms with Crippen LogP contribution < -0.4 is 10.1 Å². The molecule has 1 aromatic rings. The molecule has 0 aliphatic rings. The predicted molar refractivity (Wildman–Crippen MR) is 69.2 cm³/mol. The zero-order valence-corrected chi connectivity index (χ0v) is 10.7. The summed E-state index contributed by atoms with van der Waals surface area (Å²) in [7, 11) is 1.99. The van der Waals surface area contributed by atoms with Gasteiger partial charge in [-0.2, -0.15) is 0 Å². The summed E-state index contributed by atoms with van der Waals surface area (Å²) in [5, 5.41) is 3.19. The summed E-state index contributed by atoms with van der Waals surface area (Å²) >= 11 is 0. The van der Waals surface area contributed by atoms with Gasteiger partial charge in [-0.1, -0.05) is 19.9 Å². The van der Waals surface area contributed by atoms with Crippen molar-refractivity contribution in [1.29, 1.82) is 0 Å². The van der Waals surface area contributed by atoms with Gasteiger partial charge in [-0.25, -0.2) is 0 Å². The minimum Gasteiger partial charge on any atom is -0.494 e. The van der Waals surface area contributed by atoms with E-state index >= 15 is 0 Å². The van der Waals surface area contributed by atoms with Gasteiger partial charge in [0.25, 0.3) is 0 Å². The first-order valence-corrected chi connectivity index (χ1v) is 6.21. The molecule has 0 spiro atoms. The van der Waals surface area contributed by atoms with E-state index in [4.69, 9.17) is 4.74 Å². The lowest BCUT2D eigenvalue weighted by atomic mass is 10.0. The summed E-state index contributed by atoms with van der Waals surface area (Å²) in [4.78, 5) is 0. The van der Waals surface area contributed by atoms with Crippen molar-refractivity contribution in [2.75, 3.05) is 20.2 Å². The summed E-state index contributed by atoms with van der Waals surface area (Å²) in [6.07, 6.45) is 3.22. The average Bonchev–Trinajstić information content (AvgIpc) is 2.34. The van der Waals surface area contributed by atoms with Crippen molar-refractivity contribution in [2.24, 2.45) is 0 Å². The Hall–Kier alpha value is -1.02. The maximum Gasteiger partial charge on any atom is 0.119 e. The Kier molecular flexibility index (Phi) is 5.94. The molecular weight excluding hydrogens is 198 g/mol. The molecule has 0 fully saturated rings. The van der Waals surface area contributed by atoms with Gasteiger partial charge < -0.3 is 10.1 Å². The van der Waals surface area contributed by atoms with Crippen LogP contribution in [-0.4, -0.2) is 20.2 Å². The van der Waals surface area contributed by atoms with E-state index in [0.29, 0.717) is 0 Å². The third-order valence-electron chi connectivity index (χ3n) is 2.68. The number of aryl methyl sites for hydroxylation is 1. The molecule has 2 heteroatoms. The Labute approximate surface area is 99.0 Å². The number of ether oxygens (including phenoxy) is 1. The van der Waals surface area contributed by atoms with Crippen molar-refractivity contribution in [3.63, 3.8) is 0 Å². The molecule has 0 aliphatic heterocycles. The van der Waals surface area contributed by atoms with Crippen LogP contribution in [0.15, 0.2) is 18.2 Å². The fraction of sp³-hybridized carbons (Fsp3) is 0.571. The molecule has 0 aromatic heterocycles. The molecule has 0 saturated heterocycles. The van der Waals surface area contributed by atoms with Crippen LogP contribution in [0.1, 0.15) is 31.4 Å². The van der Waals surface area contributed by atoms with E-state index in [1.165, 1.54) is 11.1 Å². The number of likely N-dealkylation sites (N-methyl/N-ethyl adjacent to an activating group) is 1. The zero-order chi connectivity index (χ0) is 11.8. The fourth-order valence-electron chi connectivity index (χ4n) is 1.74. The standard InChI is InChI=1S/C14H23NO/c1-4-10-16-14-7-6-13(8-9-15-3)12(5-2)11-14/h6-7,11,15H,4-5,8-10H2,1-3H3. The fourth-order valence-corrected chi connectivity index (χ4v) is 1.74. The summed E-state index contributed by atoms with van der Waals surface area (Å²) in [5.41, 5.74) is 2.84. The predicted octanol–water partition coefficient (Wildman–Crippen LogP) is 2.80. The number of hydrogen-bond donors (Lipinski definition) is 1. The van der Waals surface area contributed by atoms with E-state index in [2.05, 4.69) is 37.4 Å². The van der Waals surface area contributed by atoms with E-state index < -0.39 is 0 Å². The van der Waals surface area contributed by atoms with Crippen molar-refractivity contribution >= 4 is 0 Å². The molecule has 1 aromatic carbocycles. The van der Waals surface area contributed by atoms with Crippen LogP contribution in [0, 0.1) is 0 Å². The van der Waals surface area contributed by atoms with Crippen molar-refractivity contribution in [3.8, 4) is 5.75 Å². The lowest BCUT2D eigenvalue weighted by Crippen LogP contribution is -2.11. The van der Waals surface area contributed by atoms with E-state index in [1.807, 2.05) is 7.05 Å². The first kappa shape index (κ1) is 13.0. The Bertz CT molecular complexity index is 310. The Morgan fingerprint density at radius 3 is 2.62 bits per heavy atom. The second kappa shape index (κ2) is 7.29. The highest BCUT2D eigenvalue weighted by molar-refractivity contribution is 5.36. The van der Waals surface area contributed by atoms with Crippen LogP contribution >= 0.6 is 0 Å². The monoisotopic (exact) mass is 221 g/mol. The quantitative estimate of drug-likeness (QED) is 0.764. The lowest BCUT2D eigenvalue weighted by Gasteiger charge is -2.11. The molecule has 0 saturated carbocycles. The van der Waals surface area contributed by atoms with Gasteiger partial charge in [0.15, 0.2) is 0 Å². The smallest absolute Gasteiger partial charge is 0.119 e. The second-order valence-electron chi connectivity index (χ2n) is 3.99. The molecule has 0 amide bonds. The number of nitrogens with one attached hydrogen (secondary N) is 1. The van der Waals surface area contributed by atoms with Crippen molar-refractivity contribution in [2.45, 2.75) is 33.1 Å². The molecule has 0 radical (unpaired) electrons. The van der Waals surface area contributed by atoms with E-state index in [9.17, 15) is 0 Å². The molecule has 0 heterocycles. The normalized spacial score (nSPS) is 10.4. The maximum absolute atomic E-state index is 5.64. The Morgan fingerprint density at radius 2 is 2.00 bits per heavy atom. The van der Waals surface area contributed by atoms with Crippen molar-refractivity contribution < 1.29 is 4.74 Å². The van der Waals surface area contributed by atoms with Crippen LogP contribution in [0.5, 0.6) is 5.75 Å². The van der Waals surface area contributed by atoms with Crippen LogP contribution in [0.2, 0.25) is 0 Å². The van der Waals surface area contributed by atoms with Crippen LogP contribution in [0.25, 0.3) is 0 Å². The summed E-state index contributed by atoms with van der Waals surface area (Å²) in [5.74, 6) is 1.01. The number of hydrogen-bond acceptors (Lipinski definition) is 2. The number of rotatable bonds is 7. The molecule has 2 nitrogen and oxygen atoms in total. The minimum atomic E-state index is 0.805. The first-order valence-electron chi connectivity index (χ1n) is 6.21. The SMILES string of the molecule is CCCOc1ccc(CCNC)c(CC)c1. The molecule has 1 N–H and O–H groups in total. The van der Waals surface area contributed by atoms with Crippen LogP contribution in [-0.2, 0) is 12.8 Å². The largest absolute Gasteiger partial charge is 0.494 e. The molecular formula is C14H23NO. The summed E-state index contributed by atoms with van der Waals surface area (Å²) in [6.45, 7) is 6.16. The zero-order valence-electron chi connectivity index (χ0n) is 10.7. The van der Waals surface area contributed by atoms with Gasteiger partial charge in [0, 0.05) is 0 Å². The van der Waals surface area contributed by atoms with Gasteiger partial charge in [0.05, 0.1) is 6.61 Å². The highest BCUT2D eigenvalue weighted by atomic mass is 16.5. The van der Waals surface area contributed by atoms with Gasteiger partial charge >= 0.3 is 0 Å². The third-order valence-corrected chi connectivity index (χ3v) is 2.68. The van der Waals surface area contributed by atoms with Gasteiger partial charge in [-0.05, 0) is 56.1 Å². The highest BCUT2D eigenvalue weighted by Crippen LogP contribution is 2.19. The van der Waals surface area contributed by atoms with Crippen molar-refractivity contribution in [3.05, 3.63) is 29.3 Å². The first-order chi connectivity index (χ1) is 7.81. The molecule has 0 aliphatic carbocycles. The van der Waals surface area contributed by atoms with Crippen LogP contribution in [0.3, 0.4) is 0 Å². The summed E-state index contributed by atoms with van der Waals surface area (Å²) < 4.78 is 5.64. The Balaban J connectivity index is 2.71. The van der Waals surface area contributed by atoms with E-state index in [-0.39, 0.29) is 0 Å². The van der Waals surface area contributed by atoms with E-state index in [1.54, 1.807) is 0 Å². The number of benzene rings is 1. The van der Waals surface area contributed by atoms with Gasteiger partial charge in [0.1, 0.15) is 5.75 Å². The minimum absolute atomic E-state index is 0.805. The van der Waals surface area contributed by atoms with Gasteiger partial charge in [0.2, 0.25) is 0 Å². The van der Waals surface area contributed by atoms with E-state index in [0.717, 1.165) is 38.2 Å². The van der Waals surface area contributed by atoms with Gasteiger partial charge in [-0.3, -0.25) is 0 Å². The lowest BCUT2D eigenvalue weighted by molar-refractivity contribution is 0.317. The second-order valence-corrected chi connectivity index (χ2v) is 3.99. The molecule has 0 atom stereocenters. The molecule has 0 bridgehead atoms. The average molecular weight is 221 g/mol. The highest BCUT2D eigenvalue weighted by Gasteiger charge is 2.02. The molecule has 0 unspecified atom stereocenters. The Morgan fingerprint density at radius 1 is 1.19 bits per heavy atom. The third kappa shape index (κ3) is 3.86. The maximum atomic E-state index is 5.64. The van der Waals surface area contributed by atoms with Crippen molar-refractivity contribution in [1.82, 2.24) is 5.32 Å². The van der Waals surface area contributed by atoms with Gasteiger partial charge in [-0.15, -0.1) is 0 Å². The molecule has 1 rings (SSSR count).